The van der Waals surface area contributed by atoms with E-state index in [1.807, 2.05) is 0 Å². The maximum atomic E-state index is 13.7. The summed E-state index contributed by atoms with van der Waals surface area (Å²) in [5.41, 5.74) is 7.55. The molecule has 0 saturated heterocycles. The first-order chi connectivity index (χ1) is 9.56. The van der Waals surface area contributed by atoms with Gasteiger partial charge in [-0.05, 0) is 35.4 Å². The molecule has 2 rings (SSSR count). The van der Waals surface area contributed by atoms with Gasteiger partial charge in [0, 0.05) is 0 Å². The molecule has 0 fully saturated rings. The normalized spacial score (nSPS) is 12.1. The maximum Gasteiger partial charge on any atom is 0.165 e. The highest BCUT2D eigenvalue weighted by molar-refractivity contribution is 6.32. The second kappa shape index (κ2) is 6.11. The summed E-state index contributed by atoms with van der Waals surface area (Å²) in [4.78, 5) is 0. The Morgan fingerprint density at radius 1 is 1.00 bits per heavy atom. The molecule has 20 heavy (non-hydrogen) atoms. The van der Waals surface area contributed by atoms with Crippen LogP contribution in [0.1, 0.15) is 17.2 Å². The fourth-order valence-corrected chi connectivity index (χ4v) is 2.21. The van der Waals surface area contributed by atoms with E-state index in [4.69, 9.17) is 26.8 Å². The van der Waals surface area contributed by atoms with E-state index < -0.39 is 11.9 Å². The van der Waals surface area contributed by atoms with Crippen LogP contribution < -0.4 is 15.2 Å². The molecule has 0 radical (unpaired) electrons. The predicted octanol–water partition coefficient (Wildman–Crippen LogP) is 3.54. The molecule has 3 nitrogen and oxygen atoms in total. The third-order valence-electron chi connectivity index (χ3n) is 3.07. The molecule has 1 atom stereocenters. The van der Waals surface area contributed by atoms with Gasteiger partial charge in [-0.2, -0.15) is 0 Å². The third-order valence-corrected chi connectivity index (χ3v) is 3.37. The topological polar surface area (TPSA) is 44.5 Å². The SMILES string of the molecule is COc1ccc(C(N)c2ccc(OC)c(Cl)c2)cc1F. The molecular formula is C15H15ClFNO2. The molecule has 0 aliphatic rings. The summed E-state index contributed by atoms with van der Waals surface area (Å²) in [6.07, 6.45) is 0. The van der Waals surface area contributed by atoms with Gasteiger partial charge in [0.05, 0.1) is 25.3 Å². The summed E-state index contributed by atoms with van der Waals surface area (Å²) in [5.74, 6) is 0.317. The lowest BCUT2D eigenvalue weighted by molar-refractivity contribution is 0.386. The van der Waals surface area contributed by atoms with Crippen molar-refractivity contribution in [1.82, 2.24) is 0 Å². The number of halogens is 2. The quantitative estimate of drug-likeness (QED) is 0.938. The second-order valence-corrected chi connectivity index (χ2v) is 4.67. The van der Waals surface area contributed by atoms with Crippen molar-refractivity contribution < 1.29 is 13.9 Å². The van der Waals surface area contributed by atoms with E-state index in [0.717, 1.165) is 5.56 Å². The van der Waals surface area contributed by atoms with Crippen LogP contribution in [0.15, 0.2) is 36.4 Å². The van der Waals surface area contributed by atoms with Crippen LogP contribution in [0.2, 0.25) is 5.02 Å². The summed E-state index contributed by atoms with van der Waals surface area (Å²) in [7, 11) is 2.96. The van der Waals surface area contributed by atoms with Gasteiger partial charge in [-0.3, -0.25) is 0 Å². The zero-order valence-electron chi connectivity index (χ0n) is 11.2. The van der Waals surface area contributed by atoms with E-state index in [2.05, 4.69) is 0 Å². The second-order valence-electron chi connectivity index (χ2n) is 4.27. The monoisotopic (exact) mass is 295 g/mol. The summed E-state index contributed by atoms with van der Waals surface area (Å²) in [6.45, 7) is 0. The standard InChI is InChI=1S/C15H15ClFNO2/c1-19-13-5-3-9(7-11(13)16)15(18)10-4-6-14(20-2)12(17)8-10/h3-8,15H,18H2,1-2H3. The highest BCUT2D eigenvalue weighted by Gasteiger charge is 2.13. The molecule has 106 valence electrons. The summed E-state index contributed by atoms with van der Waals surface area (Å²) in [6, 6.07) is 9.42. The molecular weight excluding hydrogens is 281 g/mol. The molecule has 0 heterocycles. The fraction of sp³-hybridized carbons (Fsp3) is 0.200. The zero-order valence-corrected chi connectivity index (χ0v) is 11.9. The van der Waals surface area contributed by atoms with Crippen LogP contribution in [0.4, 0.5) is 4.39 Å². The lowest BCUT2D eigenvalue weighted by Gasteiger charge is -2.15. The maximum absolute atomic E-state index is 13.7. The van der Waals surface area contributed by atoms with Crippen LogP contribution in [0, 0.1) is 5.82 Å². The molecule has 1 unspecified atom stereocenters. The molecule has 0 saturated carbocycles. The van der Waals surface area contributed by atoms with Crippen LogP contribution in [-0.4, -0.2) is 14.2 Å². The number of methoxy groups -OCH3 is 2. The third kappa shape index (κ3) is 2.86. The van der Waals surface area contributed by atoms with Gasteiger partial charge in [-0.25, -0.2) is 4.39 Å². The van der Waals surface area contributed by atoms with Crippen LogP contribution in [0.5, 0.6) is 11.5 Å². The number of hydrogen-bond donors (Lipinski definition) is 1. The average Bonchev–Trinajstić information content (AvgIpc) is 2.46. The van der Waals surface area contributed by atoms with Gasteiger partial charge < -0.3 is 15.2 Å². The van der Waals surface area contributed by atoms with Crippen molar-refractivity contribution in [3.8, 4) is 11.5 Å². The number of hydrogen-bond acceptors (Lipinski definition) is 3. The van der Waals surface area contributed by atoms with Crippen LogP contribution in [0.25, 0.3) is 0 Å². The molecule has 0 aromatic heterocycles. The van der Waals surface area contributed by atoms with E-state index >= 15 is 0 Å². The number of ether oxygens (including phenoxy) is 2. The first-order valence-corrected chi connectivity index (χ1v) is 6.37. The summed E-state index contributed by atoms with van der Waals surface area (Å²) < 4.78 is 23.7. The Balaban J connectivity index is 2.33. The van der Waals surface area contributed by atoms with Crippen molar-refractivity contribution in [2.45, 2.75) is 6.04 Å². The summed E-state index contributed by atoms with van der Waals surface area (Å²) in [5, 5.41) is 0.467. The van der Waals surface area contributed by atoms with Gasteiger partial charge >= 0.3 is 0 Å². The smallest absolute Gasteiger partial charge is 0.165 e. The number of rotatable bonds is 4. The highest BCUT2D eigenvalue weighted by atomic mass is 35.5. The molecule has 2 N–H and O–H groups in total. The summed E-state index contributed by atoms with van der Waals surface area (Å²) >= 11 is 6.07. The largest absolute Gasteiger partial charge is 0.495 e. The Kier molecular flexibility index (Phi) is 4.47. The van der Waals surface area contributed by atoms with Crippen molar-refractivity contribution in [1.29, 1.82) is 0 Å². The van der Waals surface area contributed by atoms with Crippen LogP contribution >= 0.6 is 11.6 Å². The zero-order chi connectivity index (χ0) is 14.7. The van der Waals surface area contributed by atoms with E-state index in [1.165, 1.54) is 13.2 Å². The molecule has 0 aliphatic carbocycles. The van der Waals surface area contributed by atoms with E-state index in [9.17, 15) is 4.39 Å². The molecule has 0 bridgehead atoms. The van der Waals surface area contributed by atoms with E-state index in [1.54, 1.807) is 37.4 Å². The first-order valence-electron chi connectivity index (χ1n) is 5.99. The lowest BCUT2D eigenvalue weighted by Crippen LogP contribution is -2.12. The van der Waals surface area contributed by atoms with Gasteiger partial charge in [0.25, 0.3) is 0 Å². The Morgan fingerprint density at radius 3 is 2.05 bits per heavy atom. The molecule has 2 aromatic carbocycles. The molecule has 2 aromatic rings. The Labute approximate surface area is 122 Å². The number of nitrogens with two attached hydrogens (primary N) is 1. The van der Waals surface area contributed by atoms with Gasteiger partial charge in [-0.1, -0.05) is 23.7 Å². The van der Waals surface area contributed by atoms with Gasteiger partial charge in [-0.15, -0.1) is 0 Å². The molecule has 0 aliphatic heterocycles. The molecule has 0 spiro atoms. The van der Waals surface area contributed by atoms with Crippen LogP contribution in [-0.2, 0) is 0 Å². The molecule has 0 amide bonds. The van der Waals surface area contributed by atoms with E-state index in [-0.39, 0.29) is 5.75 Å². The Bertz CT molecular complexity index is 565. The van der Waals surface area contributed by atoms with Crippen molar-refractivity contribution >= 4 is 11.6 Å². The van der Waals surface area contributed by atoms with Crippen molar-refractivity contribution in [2.24, 2.45) is 5.73 Å². The van der Waals surface area contributed by atoms with Crippen molar-refractivity contribution in [3.05, 3.63) is 58.4 Å². The molecule has 5 heteroatoms. The Morgan fingerprint density at radius 2 is 1.55 bits per heavy atom. The van der Waals surface area contributed by atoms with Crippen molar-refractivity contribution in [2.75, 3.05) is 14.2 Å². The minimum Gasteiger partial charge on any atom is -0.495 e. The minimum atomic E-state index is -0.473. The lowest BCUT2D eigenvalue weighted by atomic mass is 9.99. The fourth-order valence-electron chi connectivity index (χ4n) is 1.94. The van der Waals surface area contributed by atoms with Gasteiger partial charge in [0.2, 0.25) is 0 Å². The first kappa shape index (κ1) is 14.6. The van der Waals surface area contributed by atoms with E-state index in [0.29, 0.717) is 16.3 Å². The average molecular weight is 296 g/mol. The predicted molar refractivity (Wildman–Crippen MR) is 77.0 cm³/mol. The Hall–Kier alpha value is -1.78. The van der Waals surface area contributed by atoms with Crippen LogP contribution in [0.3, 0.4) is 0 Å². The number of benzene rings is 2. The minimum absolute atomic E-state index is 0.189. The van der Waals surface area contributed by atoms with Gasteiger partial charge in [0.1, 0.15) is 5.75 Å². The highest BCUT2D eigenvalue weighted by Crippen LogP contribution is 2.30. The van der Waals surface area contributed by atoms with Gasteiger partial charge in [0.15, 0.2) is 11.6 Å². The van der Waals surface area contributed by atoms with Crippen molar-refractivity contribution in [3.63, 3.8) is 0 Å².